The molecule has 160 valence electrons. The molecule has 0 atom stereocenters. The number of allylic oxidation sites excluding steroid dienone is 1. The second-order valence-corrected chi connectivity index (χ2v) is 8.04. The summed E-state index contributed by atoms with van der Waals surface area (Å²) in [6.07, 6.45) is 9.54. The van der Waals surface area contributed by atoms with E-state index in [1.807, 2.05) is 36.5 Å². The van der Waals surface area contributed by atoms with E-state index in [-0.39, 0.29) is 5.56 Å². The van der Waals surface area contributed by atoms with Crippen LogP contribution in [-0.2, 0) is 6.42 Å². The van der Waals surface area contributed by atoms with Crippen molar-refractivity contribution in [3.63, 3.8) is 0 Å². The zero-order valence-electron chi connectivity index (χ0n) is 17.7. The van der Waals surface area contributed by atoms with Crippen molar-refractivity contribution in [2.45, 2.75) is 51.5 Å². The van der Waals surface area contributed by atoms with Crippen molar-refractivity contribution in [2.24, 2.45) is 10.7 Å². The summed E-state index contributed by atoms with van der Waals surface area (Å²) in [6.45, 7) is 1.74. The van der Waals surface area contributed by atoms with Crippen molar-refractivity contribution in [3.8, 4) is 11.1 Å². The zero-order valence-corrected chi connectivity index (χ0v) is 17.7. The first-order valence-corrected chi connectivity index (χ1v) is 10.9. The minimum absolute atomic E-state index is 0.102. The third-order valence-corrected chi connectivity index (χ3v) is 6.00. The highest BCUT2D eigenvalue weighted by molar-refractivity contribution is 6.09. The molecule has 5 heteroatoms. The van der Waals surface area contributed by atoms with Crippen LogP contribution in [0.25, 0.3) is 27.6 Å². The molecule has 1 heterocycles. The van der Waals surface area contributed by atoms with Crippen molar-refractivity contribution >= 4 is 22.7 Å². The van der Waals surface area contributed by atoms with Gasteiger partial charge in [0.25, 0.3) is 0 Å². The molecular weight excluding hydrogens is 392 g/mol. The second kappa shape index (κ2) is 9.38. The first-order valence-electron chi connectivity index (χ1n) is 10.9. The Bertz CT molecular complexity index is 1120. The smallest absolute Gasteiger partial charge is 0.129 e. The lowest BCUT2D eigenvalue weighted by Crippen LogP contribution is -2.10. The van der Waals surface area contributed by atoms with Crippen LogP contribution in [0.15, 0.2) is 53.7 Å². The fourth-order valence-electron chi connectivity index (χ4n) is 4.25. The molecule has 0 unspecified atom stereocenters. The SMILES string of the molecule is CCc1c(F)cc(-c2cccc3ccc(C(C=NC4CCCCC4)=CN)nc23)cc1F. The van der Waals surface area contributed by atoms with Crippen LogP contribution in [0.5, 0.6) is 0 Å². The third kappa shape index (κ3) is 4.50. The molecule has 1 fully saturated rings. The van der Waals surface area contributed by atoms with Gasteiger partial charge in [0.2, 0.25) is 0 Å². The van der Waals surface area contributed by atoms with Gasteiger partial charge in [-0.25, -0.2) is 13.8 Å². The molecule has 1 aliphatic rings. The maximum Gasteiger partial charge on any atom is 0.129 e. The second-order valence-electron chi connectivity index (χ2n) is 8.04. The maximum atomic E-state index is 14.4. The normalized spacial score (nSPS) is 15.8. The molecule has 3 nitrogen and oxygen atoms in total. The van der Waals surface area contributed by atoms with Gasteiger partial charge in [0.1, 0.15) is 11.6 Å². The van der Waals surface area contributed by atoms with E-state index >= 15 is 0 Å². The number of nitrogens with two attached hydrogens (primary N) is 1. The predicted molar refractivity (Wildman–Crippen MR) is 124 cm³/mol. The molecule has 0 aliphatic heterocycles. The van der Waals surface area contributed by atoms with E-state index in [2.05, 4.69) is 0 Å². The molecule has 0 radical (unpaired) electrons. The number of pyridine rings is 1. The number of nitrogens with zero attached hydrogens (tertiary/aromatic N) is 2. The van der Waals surface area contributed by atoms with E-state index in [0.717, 1.165) is 23.8 Å². The van der Waals surface area contributed by atoms with Crippen LogP contribution in [0.3, 0.4) is 0 Å². The number of aromatic nitrogens is 1. The number of benzene rings is 2. The van der Waals surface area contributed by atoms with Gasteiger partial charge in [-0.2, -0.15) is 0 Å². The molecule has 0 amide bonds. The van der Waals surface area contributed by atoms with Gasteiger partial charge >= 0.3 is 0 Å². The Kier molecular flexibility index (Phi) is 6.40. The number of hydrogen-bond donors (Lipinski definition) is 1. The largest absolute Gasteiger partial charge is 0.404 e. The lowest BCUT2D eigenvalue weighted by Gasteiger charge is -2.17. The van der Waals surface area contributed by atoms with Gasteiger partial charge in [-0.3, -0.25) is 4.99 Å². The third-order valence-electron chi connectivity index (χ3n) is 6.00. The van der Waals surface area contributed by atoms with E-state index in [1.165, 1.54) is 37.6 Å². The summed E-state index contributed by atoms with van der Waals surface area (Å²) >= 11 is 0. The van der Waals surface area contributed by atoms with Crippen LogP contribution in [0.4, 0.5) is 8.78 Å². The van der Waals surface area contributed by atoms with Gasteiger partial charge in [0, 0.05) is 40.5 Å². The Labute approximate surface area is 181 Å². The molecule has 0 saturated heterocycles. The molecule has 2 N–H and O–H groups in total. The quantitative estimate of drug-likeness (QED) is 0.484. The number of halogens is 2. The summed E-state index contributed by atoms with van der Waals surface area (Å²) in [5.41, 5.74) is 9.24. The molecule has 31 heavy (non-hydrogen) atoms. The molecular formula is C26H27F2N3. The van der Waals surface area contributed by atoms with Crippen LogP contribution >= 0.6 is 0 Å². The van der Waals surface area contributed by atoms with Gasteiger partial charge in [0.15, 0.2) is 0 Å². The van der Waals surface area contributed by atoms with E-state index in [4.69, 9.17) is 15.7 Å². The average Bonchev–Trinajstić information content (AvgIpc) is 2.79. The summed E-state index contributed by atoms with van der Waals surface area (Å²) in [5, 5.41) is 0.891. The van der Waals surface area contributed by atoms with Crippen molar-refractivity contribution in [1.82, 2.24) is 4.98 Å². The van der Waals surface area contributed by atoms with Crippen molar-refractivity contribution in [3.05, 3.63) is 71.6 Å². The lowest BCUT2D eigenvalue weighted by molar-refractivity contribution is 0.444. The molecule has 0 spiro atoms. The predicted octanol–water partition coefficient (Wildman–Crippen LogP) is 6.45. The average molecular weight is 420 g/mol. The van der Waals surface area contributed by atoms with E-state index in [0.29, 0.717) is 34.8 Å². The van der Waals surface area contributed by atoms with Gasteiger partial charge in [-0.05, 0) is 43.0 Å². The lowest BCUT2D eigenvalue weighted by atomic mass is 9.96. The summed E-state index contributed by atoms with van der Waals surface area (Å²) in [7, 11) is 0. The molecule has 1 saturated carbocycles. The molecule has 2 aromatic carbocycles. The van der Waals surface area contributed by atoms with Gasteiger partial charge < -0.3 is 5.73 Å². The highest BCUT2D eigenvalue weighted by Gasteiger charge is 2.15. The summed E-state index contributed by atoms with van der Waals surface area (Å²) < 4.78 is 28.9. The molecule has 3 aromatic rings. The highest BCUT2D eigenvalue weighted by atomic mass is 19.1. The molecule has 4 rings (SSSR count). The Morgan fingerprint density at radius 1 is 1.10 bits per heavy atom. The molecule has 1 aromatic heterocycles. The zero-order chi connectivity index (χ0) is 21.8. The first-order chi connectivity index (χ1) is 15.1. The Balaban J connectivity index is 1.74. The van der Waals surface area contributed by atoms with Crippen LogP contribution in [0.1, 0.15) is 50.3 Å². The molecule has 0 bridgehead atoms. The maximum absolute atomic E-state index is 14.4. The van der Waals surface area contributed by atoms with Crippen LogP contribution < -0.4 is 5.73 Å². The highest BCUT2D eigenvalue weighted by Crippen LogP contribution is 2.31. The van der Waals surface area contributed by atoms with E-state index in [1.54, 1.807) is 6.92 Å². The number of fused-ring (bicyclic) bond motifs is 1. The van der Waals surface area contributed by atoms with Gasteiger partial charge in [-0.1, -0.05) is 50.5 Å². The Hall–Kier alpha value is -3.08. The monoisotopic (exact) mass is 419 g/mol. The fourth-order valence-corrected chi connectivity index (χ4v) is 4.25. The summed E-state index contributed by atoms with van der Waals surface area (Å²) in [6, 6.07) is 12.6. The minimum Gasteiger partial charge on any atom is -0.404 e. The van der Waals surface area contributed by atoms with E-state index < -0.39 is 11.6 Å². The Morgan fingerprint density at radius 3 is 2.52 bits per heavy atom. The standard InChI is InChI=1S/C26H27F2N3/c1-2-21-23(27)13-18(14-24(21)28)22-10-6-7-17-11-12-25(31-26(17)22)19(15-29)16-30-20-8-4-3-5-9-20/h6-7,10-16,20H,2-5,8-9,29H2,1H3. The van der Waals surface area contributed by atoms with Gasteiger partial charge in [0.05, 0.1) is 11.2 Å². The van der Waals surface area contributed by atoms with Gasteiger partial charge in [-0.15, -0.1) is 0 Å². The topological polar surface area (TPSA) is 51.3 Å². The summed E-state index contributed by atoms with van der Waals surface area (Å²) in [4.78, 5) is 9.53. The summed E-state index contributed by atoms with van der Waals surface area (Å²) in [5.74, 6) is -1.07. The number of rotatable bonds is 5. The van der Waals surface area contributed by atoms with Crippen LogP contribution in [-0.4, -0.2) is 17.2 Å². The van der Waals surface area contributed by atoms with Crippen LogP contribution in [0, 0.1) is 11.6 Å². The number of para-hydroxylation sites is 1. The van der Waals surface area contributed by atoms with Crippen molar-refractivity contribution in [1.29, 1.82) is 0 Å². The van der Waals surface area contributed by atoms with E-state index in [9.17, 15) is 8.78 Å². The first kappa shape index (κ1) is 21.2. The fraction of sp³-hybridized carbons (Fsp3) is 0.308. The minimum atomic E-state index is -0.534. The van der Waals surface area contributed by atoms with Crippen LogP contribution in [0.2, 0.25) is 0 Å². The van der Waals surface area contributed by atoms with Crippen molar-refractivity contribution in [2.75, 3.05) is 0 Å². The van der Waals surface area contributed by atoms with Crippen molar-refractivity contribution < 1.29 is 8.78 Å². The Morgan fingerprint density at radius 2 is 1.84 bits per heavy atom. The number of hydrogen-bond acceptors (Lipinski definition) is 3. The molecule has 1 aliphatic carbocycles. The number of aliphatic imine (C=N–C) groups is 1.